The summed E-state index contributed by atoms with van der Waals surface area (Å²) in [6.45, 7) is 13.8. The number of carbonyl (C=O) groups excluding carboxylic acids is 2. The zero-order chi connectivity index (χ0) is 32.1. The molecule has 0 bridgehead atoms. The molecule has 1 aliphatic heterocycles. The number of pyridine rings is 1. The molecule has 0 spiro atoms. The topological polar surface area (TPSA) is 96.4 Å². The third-order valence-corrected chi connectivity index (χ3v) is 14.0. The van der Waals surface area contributed by atoms with E-state index in [2.05, 4.69) is 54.5 Å². The molecule has 238 valence electrons. The van der Waals surface area contributed by atoms with Crippen LogP contribution in [0.5, 0.6) is 0 Å². The van der Waals surface area contributed by atoms with Crippen molar-refractivity contribution in [1.29, 1.82) is 0 Å². The number of aromatic nitrogens is 2. The number of nitrogens with zero attached hydrogens (tertiary/aromatic N) is 3. The van der Waals surface area contributed by atoms with Gasteiger partial charge in [0.25, 0.3) is 18.2 Å². The fourth-order valence-electron chi connectivity index (χ4n) is 4.58. The molecule has 2 aromatic heterocycles. The van der Waals surface area contributed by atoms with E-state index in [4.69, 9.17) is 4.43 Å². The second-order valence-corrected chi connectivity index (χ2v) is 18.5. The summed E-state index contributed by atoms with van der Waals surface area (Å²) in [4.78, 5) is 36.8. The number of nitrogens with one attached hydrogen (secondary N) is 2. The first-order valence-electron chi connectivity index (χ1n) is 14.2. The maximum absolute atomic E-state index is 14.3. The van der Waals surface area contributed by atoms with Crippen molar-refractivity contribution in [2.75, 3.05) is 11.9 Å². The van der Waals surface area contributed by atoms with Crippen molar-refractivity contribution in [3.63, 3.8) is 0 Å². The van der Waals surface area contributed by atoms with Gasteiger partial charge in [0.2, 0.25) is 0 Å². The largest absolute Gasteiger partial charge is 0.412 e. The van der Waals surface area contributed by atoms with Gasteiger partial charge in [0.1, 0.15) is 17.6 Å². The van der Waals surface area contributed by atoms with Crippen LogP contribution in [0.2, 0.25) is 18.1 Å². The smallest absolute Gasteiger partial charge is 0.408 e. The maximum atomic E-state index is 14.3. The number of anilines is 1. The van der Waals surface area contributed by atoms with E-state index in [1.165, 1.54) is 0 Å². The highest BCUT2D eigenvalue weighted by Crippen LogP contribution is 2.42. The second kappa shape index (κ2) is 12.0. The number of alkyl halides is 5. The first-order chi connectivity index (χ1) is 19.8. The van der Waals surface area contributed by atoms with Crippen molar-refractivity contribution in [2.45, 2.75) is 109 Å². The van der Waals surface area contributed by atoms with Gasteiger partial charge in [-0.3, -0.25) is 9.59 Å². The molecular formula is C28H38F5N5O3SSi. The Kier molecular flexibility index (Phi) is 9.30. The van der Waals surface area contributed by atoms with Gasteiger partial charge in [-0.1, -0.05) is 20.8 Å². The van der Waals surface area contributed by atoms with Crippen LogP contribution in [0.15, 0.2) is 12.3 Å². The molecule has 2 amide bonds. The Labute approximate surface area is 252 Å². The van der Waals surface area contributed by atoms with Gasteiger partial charge in [-0.25, -0.2) is 18.7 Å². The van der Waals surface area contributed by atoms with Gasteiger partial charge >= 0.3 is 6.18 Å². The SMILES string of the molecule is CC(Nc1cc(C(F)F)c(-c2sc(C(=O)N[C@@H]3C[C@H]3O[Si](C)(C)C(C)(C)C)nc2C(=O)N2CCC[C@@H]2C)cn1)C(F)(F)F. The predicted molar refractivity (Wildman–Crippen MR) is 157 cm³/mol. The van der Waals surface area contributed by atoms with Gasteiger partial charge in [-0.05, 0) is 57.3 Å². The lowest BCUT2D eigenvalue weighted by Gasteiger charge is -2.36. The number of halogens is 5. The Hall–Kier alpha value is -2.65. The zero-order valence-corrected chi connectivity index (χ0v) is 27.1. The Morgan fingerprint density at radius 3 is 2.44 bits per heavy atom. The standard InChI is InChI=1S/C28H38F5N5O3SSi/c1-14-9-8-10-38(14)26(40)21-22(17-13-34-20(11-16(17)23(29)30)35-15(2)28(31,32)33)42-25(37-21)24(39)36-18-12-19(18)41-43(6,7)27(3,4)5/h11,13-15,18-19,23H,8-10,12H2,1-7H3,(H,34,35)(H,36,39)/t14-,15?,18+,19+/m0/s1. The van der Waals surface area contributed by atoms with Crippen molar-refractivity contribution < 1.29 is 36.0 Å². The molecule has 15 heteroatoms. The van der Waals surface area contributed by atoms with Crippen LogP contribution in [-0.2, 0) is 4.43 Å². The normalized spacial score (nSPS) is 21.7. The van der Waals surface area contributed by atoms with Crippen molar-refractivity contribution in [1.82, 2.24) is 20.2 Å². The van der Waals surface area contributed by atoms with E-state index in [1.54, 1.807) is 4.90 Å². The van der Waals surface area contributed by atoms with Crippen molar-refractivity contribution in [2.24, 2.45) is 0 Å². The molecule has 4 rings (SSSR count). The Balaban J connectivity index is 1.65. The number of rotatable bonds is 9. The lowest BCUT2D eigenvalue weighted by Crippen LogP contribution is -2.42. The van der Waals surface area contributed by atoms with Gasteiger partial charge in [-0.15, -0.1) is 11.3 Å². The van der Waals surface area contributed by atoms with Crippen LogP contribution < -0.4 is 10.6 Å². The van der Waals surface area contributed by atoms with E-state index in [0.29, 0.717) is 13.0 Å². The number of hydrogen-bond acceptors (Lipinski definition) is 7. The van der Waals surface area contributed by atoms with E-state index in [1.807, 2.05) is 6.92 Å². The molecular weight excluding hydrogens is 609 g/mol. The fraction of sp³-hybridized carbons (Fsp3) is 0.643. The molecule has 8 nitrogen and oxygen atoms in total. The van der Waals surface area contributed by atoms with Crippen LogP contribution in [0.4, 0.5) is 27.8 Å². The molecule has 4 atom stereocenters. The summed E-state index contributed by atoms with van der Waals surface area (Å²) in [7, 11) is -2.07. The van der Waals surface area contributed by atoms with Gasteiger partial charge in [0.05, 0.1) is 17.0 Å². The van der Waals surface area contributed by atoms with Crippen LogP contribution >= 0.6 is 11.3 Å². The number of thiazole rings is 1. The minimum atomic E-state index is -4.62. The van der Waals surface area contributed by atoms with Gasteiger partial charge in [0.15, 0.2) is 13.3 Å². The number of amides is 2. The van der Waals surface area contributed by atoms with Crippen LogP contribution in [0, 0.1) is 0 Å². The summed E-state index contributed by atoms with van der Waals surface area (Å²) < 4.78 is 74.1. The summed E-state index contributed by atoms with van der Waals surface area (Å²) >= 11 is 0.777. The second-order valence-electron chi connectivity index (χ2n) is 12.8. The van der Waals surface area contributed by atoms with Crippen molar-refractivity contribution in [3.8, 4) is 10.4 Å². The lowest BCUT2D eigenvalue weighted by atomic mass is 10.1. The highest BCUT2D eigenvalue weighted by molar-refractivity contribution is 7.17. The van der Waals surface area contributed by atoms with Crippen molar-refractivity contribution in [3.05, 3.63) is 28.5 Å². The molecule has 0 aromatic carbocycles. The van der Waals surface area contributed by atoms with Gasteiger partial charge in [0, 0.05) is 29.9 Å². The summed E-state index contributed by atoms with van der Waals surface area (Å²) in [5.41, 5.74) is -0.963. The molecule has 3 heterocycles. The van der Waals surface area contributed by atoms with Gasteiger partial charge < -0.3 is 20.0 Å². The zero-order valence-electron chi connectivity index (χ0n) is 25.2. The fourth-order valence-corrected chi connectivity index (χ4v) is 6.94. The molecule has 1 saturated heterocycles. The summed E-state index contributed by atoms with van der Waals surface area (Å²) in [6, 6.07) is -1.55. The third-order valence-electron chi connectivity index (χ3n) is 8.41. The van der Waals surface area contributed by atoms with E-state index in [-0.39, 0.29) is 44.4 Å². The molecule has 1 saturated carbocycles. The molecule has 43 heavy (non-hydrogen) atoms. The highest BCUT2D eigenvalue weighted by Gasteiger charge is 2.48. The lowest BCUT2D eigenvalue weighted by molar-refractivity contribution is -0.138. The molecule has 2 aromatic rings. The van der Waals surface area contributed by atoms with E-state index >= 15 is 0 Å². The molecule has 2 N–H and O–H groups in total. The molecule has 1 aliphatic carbocycles. The minimum absolute atomic E-state index is 0.0113. The van der Waals surface area contributed by atoms with Crippen LogP contribution in [-0.4, -0.2) is 72.0 Å². The maximum Gasteiger partial charge on any atom is 0.408 e. The number of likely N-dealkylation sites (tertiary alicyclic amines) is 1. The number of carbonyl (C=O) groups is 2. The van der Waals surface area contributed by atoms with Crippen LogP contribution in [0.25, 0.3) is 10.4 Å². The number of hydrogen-bond donors (Lipinski definition) is 2. The monoisotopic (exact) mass is 647 g/mol. The Morgan fingerprint density at radius 1 is 1.21 bits per heavy atom. The molecule has 2 aliphatic rings. The average molecular weight is 648 g/mol. The van der Waals surface area contributed by atoms with Crippen LogP contribution in [0.3, 0.4) is 0 Å². The molecule has 1 unspecified atom stereocenters. The van der Waals surface area contributed by atoms with Crippen LogP contribution in [0.1, 0.15) is 86.2 Å². The minimum Gasteiger partial charge on any atom is -0.412 e. The predicted octanol–water partition coefficient (Wildman–Crippen LogP) is 7.02. The first kappa shape index (κ1) is 33.2. The average Bonchev–Trinajstić information content (AvgIpc) is 3.24. The Bertz CT molecular complexity index is 1360. The molecule has 2 fully saturated rings. The molecule has 0 radical (unpaired) electrons. The van der Waals surface area contributed by atoms with Crippen molar-refractivity contribution >= 4 is 37.3 Å². The first-order valence-corrected chi connectivity index (χ1v) is 17.9. The van der Waals surface area contributed by atoms with E-state index < -0.39 is 50.2 Å². The summed E-state index contributed by atoms with van der Waals surface area (Å²) in [6.07, 6.45) is -4.73. The third kappa shape index (κ3) is 7.36. The summed E-state index contributed by atoms with van der Waals surface area (Å²) in [5.74, 6) is -1.46. The quantitative estimate of drug-likeness (QED) is 0.224. The highest BCUT2D eigenvalue weighted by atomic mass is 32.1. The van der Waals surface area contributed by atoms with Gasteiger partial charge in [-0.2, -0.15) is 13.2 Å². The van der Waals surface area contributed by atoms with E-state index in [0.717, 1.165) is 43.4 Å². The van der Waals surface area contributed by atoms with E-state index in [9.17, 15) is 31.5 Å². The Morgan fingerprint density at radius 2 is 1.88 bits per heavy atom. The summed E-state index contributed by atoms with van der Waals surface area (Å²) in [5, 5.41) is 4.88.